The molecule has 0 atom stereocenters. The Morgan fingerprint density at radius 1 is 1.29 bits per heavy atom. The Kier molecular flexibility index (Phi) is 2.63. The number of nitrogens with zero attached hydrogens (tertiary/aromatic N) is 2. The summed E-state index contributed by atoms with van der Waals surface area (Å²) >= 11 is 0. The number of imidazole rings is 1. The van der Waals surface area contributed by atoms with Crippen molar-refractivity contribution in [3.05, 3.63) is 48.6 Å². The van der Waals surface area contributed by atoms with Crippen molar-refractivity contribution in [3.63, 3.8) is 0 Å². The molecule has 0 amide bonds. The molecule has 0 aromatic carbocycles. The summed E-state index contributed by atoms with van der Waals surface area (Å²) in [6.07, 6.45) is 16.7. The second-order valence-corrected chi connectivity index (χ2v) is 3.39. The second kappa shape index (κ2) is 4.09. The van der Waals surface area contributed by atoms with Crippen LogP contribution in [0.4, 0.5) is 0 Å². The zero-order valence-electron chi connectivity index (χ0n) is 8.35. The fraction of sp³-hybridized carbons (Fsp3) is 0.250. The molecule has 0 spiro atoms. The van der Waals surface area contributed by atoms with Crippen LogP contribution in [0.2, 0.25) is 0 Å². The van der Waals surface area contributed by atoms with Gasteiger partial charge in [-0.3, -0.25) is 0 Å². The van der Waals surface area contributed by atoms with Gasteiger partial charge in [0, 0.05) is 25.0 Å². The van der Waals surface area contributed by atoms with Crippen molar-refractivity contribution < 1.29 is 0 Å². The summed E-state index contributed by atoms with van der Waals surface area (Å²) < 4.78 is 2.04. The molecule has 2 heteroatoms. The number of rotatable bonds is 1. The van der Waals surface area contributed by atoms with Crippen molar-refractivity contribution in [2.24, 2.45) is 7.05 Å². The van der Waals surface area contributed by atoms with E-state index in [9.17, 15) is 0 Å². The molecule has 2 nitrogen and oxygen atoms in total. The number of hydrogen-bond acceptors (Lipinski definition) is 1. The normalized spacial score (nSPS) is 24.5. The molecule has 1 aliphatic rings. The number of aryl methyl sites for hydroxylation is 1. The molecule has 0 saturated heterocycles. The van der Waals surface area contributed by atoms with Crippen molar-refractivity contribution in [1.82, 2.24) is 9.55 Å². The molecule has 14 heavy (non-hydrogen) atoms. The van der Waals surface area contributed by atoms with Gasteiger partial charge >= 0.3 is 0 Å². The van der Waals surface area contributed by atoms with Crippen molar-refractivity contribution >= 4 is 5.57 Å². The lowest BCUT2D eigenvalue weighted by Gasteiger charge is -2.03. The van der Waals surface area contributed by atoms with Gasteiger partial charge in [0.25, 0.3) is 0 Å². The topological polar surface area (TPSA) is 17.8 Å². The van der Waals surface area contributed by atoms with Crippen LogP contribution in [0.1, 0.15) is 18.7 Å². The summed E-state index contributed by atoms with van der Waals surface area (Å²) in [5.41, 5.74) is 1.21. The average molecular weight is 186 g/mol. The van der Waals surface area contributed by atoms with E-state index in [1.54, 1.807) is 0 Å². The first-order valence-corrected chi connectivity index (χ1v) is 4.89. The molecule has 1 aromatic rings. The van der Waals surface area contributed by atoms with Crippen LogP contribution >= 0.6 is 0 Å². The standard InChI is InChI=1S/C12H14N2/c1-14-10-9-13-12(14)11-7-5-3-2-4-6-8-11/h2-3,5,7-10H,4,6H2,1H3/b3-2+,7-5-,11-8+. The van der Waals surface area contributed by atoms with Gasteiger partial charge in [0.15, 0.2) is 0 Å². The van der Waals surface area contributed by atoms with E-state index in [1.165, 1.54) is 5.57 Å². The highest BCUT2D eigenvalue weighted by molar-refractivity contribution is 5.70. The third-order valence-electron chi connectivity index (χ3n) is 2.30. The minimum absolute atomic E-state index is 1.04. The zero-order chi connectivity index (χ0) is 9.80. The number of aromatic nitrogens is 2. The summed E-state index contributed by atoms with van der Waals surface area (Å²) in [4.78, 5) is 4.33. The van der Waals surface area contributed by atoms with Crippen molar-refractivity contribution in [2.45, 2.75) is 12.8 Å². The van der Waals surface area contributed by atoms with E-state index < -0.39 is 0 Å². The molecule has 0 N–H and O–H groups in total. The fourth-order valence-electron chi connectivity index (χ4n) is 1.55. The highest BCUT2D eigenvalue weighted by atomic mass is 15.0. The SMILES string of the molecule is Cn1ccnc1C1=C/CC/C=C/C=C\1. The molecule has 2 rings (SSSR count). The minimum atomic E-state index is 1.04. The Hall–Kier alpha value is -1.57. The molecular formula is C12H14N2. The lowest BCUT2D eigenvalue weighted by atomic mass is 10.1. The van der Waals surface area contributed by atoms with E-state index in [2.05, 4.69) is 35.4 Å². The Labute approximate surface area is 84.3 Å². The van der Waals surface area contributed by atoms with Crippen LogP contribution in [0.25, 0.3) is 5.57 Å². The third kappa shape index (κ3) is 1.84. The van der Waals surface area contributed by atoms with E-state index >= 15 is 0 Å². The molecule has 0 saturated carbocycles. The molecular weight excluding hydrogens is 172 g/mol. The van der Waals surface area contributed by atoms with Gasteiger partial charge in [0.2, 0.25) is 0 Å². The van der Waals surface area contributed by atoms with Crippen LogP contribution in [0.15, 0.2) is 42.8 Å². The monoisotopic (exact) mass is 186 g/mol. The highest BCUT2D eigenvalue weighted by Crippen LogP contribution is 2.16. The molecule has 72 valence electrons. The molecule has 1 aliphatic carbocycles. The summed E-state index contributed by atoms with van der Waals surface area (Å²) in [7, 11) is 2.02. The van der Waals surface area contributed by atoms with Gasteiger partial charge in [-0.2, -0.15) is 0 Å². The zero-order valence-corrected chi connectivity index (χ0v) is 8.35. The largest absolute Gasteiger partial charge is 0.334 e. The Bertz CT molecular complexity index is 394. The summed E-state index contributed by atoms with van der Waals surface area (Å²) in [5, 5.41) is 0. The van der Waals surface area contributed by atoms with Gasteiger partial charge in [-0.25, -0.2) is 4.98 Å². The lowest BCUT2D eigenvalue weighted by molar-refractivity contribution is 0.889. The molecule has 1 aromatic heterocycles. The van der Waals surface area contributed by atoms with Crippen LogP contribution in [0, 0.1) is 0 Å². The van der Waals surface area contributed by atoms with Crippen LogP contribution in [0.5, 0.6) is 0 Å². The van der Waals surface area contributed by atoms with Gasteiger partial charge in [-0.05, 0) is 12.8 Å². The minimum Gasteiger partial charge on any atom is -0.334 e. The smallest absolute Gasteiger partial charge is 0.139 e. The van der Waals surface area contributed by atoms with Gasteiger partial charge in [-0.15, -0.1) is 0 Å². The van der Waals surface area contributed by atoms with Crippen molar-refractivity contribution in [1.29, 1.82) is 0 Å². The summed E-state index contributed by atoms with van der Waals surface area (Å²) in [6.45, 7) is 0. The van der Waals surface area contributed by atoms with Crippen LogP contribution < -0.4 is 0 Å². The fourth-order valence-corrected chi connectivity index (χ4v) is 1.55. The third-order valence-corrected chi connectivity index (χ3v) is 2.30. The van der Waals surface area contributed by atoms with Gasteiger partial charge in [-0.1, -0.05) is 30.4 Å². The molecule has 0 aliphatic heterocycles. The quantitative estimate of drug-likeness (QED) is 0.659. The summed E-state index contributed by atoms with van der Waals surface area (Å²) in [5.74, 6) is 1.04. The Morgan fingerprint density at radius 3 is 3.00 bits per heavy atom. The van der Waals surface area contributed by atoms with E-state index in [4.69, 9.17) is 0 Å². The van der Waals surface area contributed by atoms with Gasteiger partial charge in [0.05, 0.1) is 0 Å². The Balaban J connectivity index is 2.33. The Morgan fingerprint density at radius 2 is 2.21 bits per heavy atom. The first-order chi connectivity index (χ1) is 6.88. The van der Waals surface area contributed by atoms with Gasteiger partial charge < -0.3 is 4.57 Å². The van der Waals surface area contributed by atoms with Crippen LogP contribution in [0.3, 0.4) is 0 Å². The van der Waals surface area contributed by atoms with E-state index in [0.717, 1.165) is 18.7 Å². The lowest BCUT2D eigenvalue weighted by Crippen LogP contribution is -1.95. The molecule has 0 unspecified atom stereocenters. The maximum atomic E-state index is 4.33. The predicted octanol–water partition coefficient (Wildman–Crippen LogP) is 2.71. The van der Waals surface area contributed by atoms with Crippen molar-refractivity contribution in [3.8, 4) is 0 Å². The molecule has 0 bridgehead atoms. The predicted molar refractivity (Wildman–Crippen MR) is 58.7 cm³/mol. The van der Waals surface area contributed by atoms with Crippen LogP contribution in [-0.4, -0.2) is 9.55 Å². The number of hydrogen-bond donors (Lipinski definition) is 0. The summed E-state index contributed by atoms with van der Waals surface area (Å²) in [6, 6.07) is 0. The second-order valence-electron chi connectivity index (χ2n) is 3.39. The average Bonchev–Trinajstić information content (AvgIpc) is 2.51. The highest BCUT2D eigenvalue weighted by Gasteiger charge is 2.03. The maximum absolute atomic E-state index is 4.33. The molecule has 0 radical (unpaired) electrons. The van der Waals surface area contributed by atoms with Crippen molar-refractivity contribution in [2.75, 3.05) is 0 Å². The van der Waals surface area contributed by atoms with Crippen LogP contribution in [-0.2, 0) is 7.05 Å². The van der Waals surface area contributed by atoms with Gasteiger partial charge in [0.1, 0.15) is 5.82 Å². The molecule has 1 heterocycles. The van der Waals surface area contributed by atoms with E-state index in [0.29, 0.717) is 0 Å². The number of allylic oxidation sites excluding steroid dienone is 6. The van der Waals surface area contributed by atoms with E-state index in [-0.39, 0.29) is 0 Å². The van der Waals surface area contributed by atoms with E-state index in [1.807, 2.05) is 24.0 Å². The first kappa shape index (κ1) is 9.00. The molecule has 0 fully saturated rings. The first-order valence-electron chi connectivity index (χ1n) is 4.89. The maximum Gasteiger partial charge on any atom is 0.139 e.